The van der Waals surface area contributed by atoms with Crippen LogP contribution in [0.5, 0.6) is 11.5 Å². The van der Waals surface area contributed by atoms with Crippen LogP contribution in [0.25, 0.3) is 0 Å². The Labute approximate surface area is 150 Å². The number of hydrogen-bond acceptors (Lipinski definition) is 3. The summed E-state index contributed by atoms with van der Waals surface area (Å²) in [5.41, 5.74) is 1.01. The molecule has 95 valence electrons. The maximum atomic E-state index is 10.4. The average Bonchev–Trinajstić information content (AvgIpc) is 2.33. The van der Waals surface area contributed by atoms with Gasteiger partial charge in [0.05, 0.1) is 0 Å². The third kappa shape index (κ3) is 5.52. The molecule has 0 saturated carbocycles. The van der Waals surface area contributed by atoms with Crippen LogP contribution in [0.3, 0.4) is 0 Å². The maximum Gasteiger partial charge on any atom is 0.163 e. The molecule has 0 aliphatic carbocycles. The number of aryl methyl sites for hydroxylation is 1. The summed E-state index contributed by atoms with van der Waals surface area (Å²) in [6, 6.07) is 15.3. The SMILES string of the molecule is Cc1[c-]cc(Oc2[c-]cc([N+](=O)[O-])cc2)cc1.[W].[Y]. The van der Waals surface area contributed by atoms with Gasteiger partial charge in [0.2, 0.25) is 0 Å². The molecule has 0 saturated heterocycles. The van der Waals surface area contributed by atoms with Crippen molar-refractivity contribution in [2.24, 2.45) is 0 Å². The van der Waals surface area contributed by atoms with E-state index in [-0.39, 0.29) is 59.5 Å². The Morgan fingerprint density at radius 1 is 1.16 bits per heavy atom. The fraction of sp³-hybridized carbons (Fsp3) is 0.0769. The molecule has 0 bridgehead atoms. The summed E-state index contributed by atoms with van der Waals surface area (Å²) >= 11 is 0. The summed E-state index contributed by atoms with van der Waals surface area (Å²) in [6.07, 6.45) is 0. The topological polar surface area (TPSA) is 52.4 Å². The van der Waals surface area contributed by atoms with Crippen molar-refractivity contribution < 1.29 is 63.4 Å². The van der Waals surface area contributed by atoms with Crippen molar-refractivity contribution in [3.05, 3.63) is 64.2 Å². The van der Waals surface area contributed by atoms with Crippen molar-refractivity contribution in [2.75, 3.05) is 0 Å². The maximum absolute atomic E-state index is 10.4. The van der Waals surface area contributed by atoms with E-state index in [1.807, 2.05) is 13.0 Å². The van der Waals surface area contributed by atoms with Crippen LogP contribution in [0, 0.1) is 29.2 Å². The molecule has 2 rings (SSSR count). The molecule has 0 fully saturated rings. The van der Waals surface area contributed by atoms with Crippen LogP contribution >= 0.6 is 0 Å². The van der Waals surface area contributed by atoms with Gasteiger partial charge in [0.25, 0.3) is 0 Å². The number of hydrogen-bond donors (Lipinski definition) is 0. The zero-order valence-corrected chi connectivity index (χ0v) is 15.9. The summed E-state index contributed by atoms with van der Waals surface area (Å²) in [4.78, 5) is 9.98. The molecule has 0 heterocycles. The standard InChI is InChI=1S/C13H9NO3.W.Y/c1-10-2-6-12(7-3-10)17-13-8-4-11(5-9-13)14(15)16;;/h2,4-8H,1H3;;/q-2;;. The molecular formula is C13H9NO3WY-2. The van der Waals surface area contributed by atoms with Gasteiger partial charge in [0.1, 0.15) is 0 Å². The van der Waals surface area contributed by atoms with E-state index in [9.17, 15) is 10.1 Å². The monoisotopic (exact) mass is 500 g/mol. The Hall–Kier alpha value is -0.568. The first kappa shape index (κ1) is 18.4. The van der Waals surface area contributed by atoms with Crippen LogP contribution in [0.1, 0.15) is 5.56 Å². The van der Waals surface area contributed by atoms with E-state index >= 15 is 0 Å². The normalized spacial score (nSPS) is 8.89. The van der Waals surface area contributed by atoms with E-state index in [2.05, 4.69) is 12.1 Å². The zero-order valence-electron chi connectivity index (χ0n) is 10.1. The molecular weight excluding hydrogens is 491 g/mol. The molecule has 0 aromatic heterocycles. The van der Waals surface area contributed by atoms with Crippen molar-refractivity contribution in [1.82, 2.24) is 0 Å². The summed E-state index contributed by atoms with van der Waals surface area (Å²) in [7, 11) is 0. The van der Waals surface area contributed by atoms with Gasteiger partial charge in [-0.1, -0.05) is 19.1 Å². The zero-order chi connectivity index (χ0) is 12.3. The fourth-order valence-electron chi connectivity index (χ4n) is 1.26. The van der Waals surface area contributed by atoms with Crippen molar-refractivity contribution in [3.8, 4) is 11.5 Å². The van der Waals surface area contributed by atoms with Gasteiger partial charge in [-0.3, -0.25) is 10.1 Å². The number of non-ortho nitro benzene ring substituents is 1. The molecule has 6 heteroatoms. The van der Waals surface area contributed by atoms with Crippen LogP contribution < -0.4 is 4.74 Å². The second-order valence-corrected chi connectivity index (χ2v) is 3.48. The van der Waals surface area contributed by atoms with E-state index in [0.717, 1.165) is 5.56 Å². The molecule has 19 heavy (non-hydrogen) atoms. The molecule has 4 nitrogen and oxygen atoms in total. The molecule has 0 aliphatic heterocycles. The number of nitro groups is 1. The Morgan fingerprint density at radius 2 is 1.89 bits per heavy atom. The Kier molecular flexibility index (Phi) is 8.32. The predicted molar refractivity (Wildman–Crippen MR) is 62.0 cm³/mol. The largest absolute Gasteiger partial charge is 0.541 e. The first-order valence-corrected chi connectivity index (χ1v) is 4.97. The van der Waals surface area contributed by atoms with Crippen LogP contribution in [0.4, 0.5) is 5.69 Å². The summed E-state index contributed by atoms with van der Waals surface area (Å²) < 4.78 is 5.46. The summed E-state index contributed by atoms with van der Waals surface area (Å²) in [6.45, 7) is 1.93. The summed E-state index contributed by atoms with van der Waals surface area (Å²) in [5, 5.41) is 10.4. The number of ether oxygens (including phenoxy) is 1. The third-order valence-electron chi connectivity index (χ3n) is 2.15. The van der Waals surface area contributed by atoms with Gasteiger partial charge in [0, 0.05) is 64.4 Å². The van der Waals surface area contributed by atoms with Gasteiger partial charge in [-0.2, -0.15) is 17.7 Å². The molecule has 0 atom stereocenters. The first-order valence-electron chi connectivity index (χ1n) is 4.97. The van der Waals surface area contributed by atoms with E-state index < -0.39 is 4.92 Å². The molecule has 0 spiro atoms. The summed E-state index contributed by atoms with van der Waals surface area (Å²) in [5.74, 6) is 1.06. The molecule has 0 unspecified atom stereocenters. The van der Waals surface area contributed by atoms with E-state index in [1.54, 1.807) is 12.1 Å². The van der Waals surface area contributed by atoms with Gasteiger partial charge in [0.15, 0.2) is 5.69 Å². The van der Waals surface area contributed by atoms with Gasteiger partial charge >= 0.3 is 0 Å². The van der Waals surface area contributed by atoms with E-state index in [0.29, 0.717) is 11.5 Å². The number of rotatable bonds is 3. The van der Waals surface area contributed by atoms with Crippen molar-refractivity contribution >= 4 is 5.69 Å². The predicted octanol–water partition coefficient (Wildman–Crippen LogP) is 3.29. The number of nitrogens with zero attached hydrogens (tertiary/aromatic N) is 1. The van der Waals surface area contributed by atoms with Gasteiger partial charge in [-0.25, -0.2) is 0 Å². The second-order valence-electron chi connectivity index (χ2n) is 3.48. The molecule has 2 aromatic rings. The molecule has 2 aromatic carbocycles. The molecule has 0 N–H and O–H groups in total. The molecule has 0 aliphatic rings. The van der Waals surface area contributed by atoms with Gasteiger partial charge in [-0.05, 0) is 5.75 Å². The van der Waals surface area contributed by atoms with Gasteiger partial charge in [-0.15, -0.1) is 24.3 Å². The van der Waals surface area contributed by atoms with Crippen molar-refractivity contribution in [1.29, 1.82) is 0 Å². The molecule has 0 amide bonds. The Balaban J connectivity index is 0.00000162. The molecule has 1 radical (unpaired) electrons. The quantitative estimate of drug-likeness (QED) is 0.370. The Bertz CT molecular complexity index is 529. The minimum absolute atomic E-state index is 0. The average molecular weight is 500 g/mol. The fourth-order valence-corrected chi connectivity index (χ4v) is 1.26. The smallest absolute Gasteiger partial charge is 0.163 e. The van der Waals surface area contributed by atoms with Crippen LogP contribution in [0.2, 0.25) is 0 Å². The minimum atomic E-state index is -0.472. The third-order valence-corrected chi connectivity index (χ3v) is 2.15. The van der Waals surface area contributed by atoms with E-state index in [4.69, 9.17) is 4.74 Å². The van der Waals surface area contributed by atoms with Crippen LogP contribution in [-0.4, -0.2) is 4.92 Å². The van der Waals surface area contributed by atoms with Crippen molar-refractivity contribution in [3.63, 3.8) is 0 Å². The number of nitro benzene ring substituents is 1. The number of benzene rings is 2. The van der Waals surface area contributed by atoms with Crippen LogP contribution in [0.15, 0.2) is 36.4 Å². The van der Waals surface area contributed by atoms with E-state index in [1.165, 1.54) is 18.2 Å². The van der Waals surface area contributed by atoms with Crippen molar-refractivity contribution in [2.45, 2.75) is 6.92 Å². The second kappa shape index (κ2) is 8.57. The van der Waals surface area contributed by atoms with Crippen LogP contribution in [-0.2, 0) is 53.8 Å². The first-order chi connectivity index (χ1) is 8.15. The van der Waals surface area contributed by atoms with Gasteiger partial charge < -0.3 is 4.74 Å². The Morgan fingerprint density at radius 3 is 2.37 bits per heavy atom. The minimum Gasteiger partial charge on any atom is -0.541 e.